The van der Waals surface area contributed by atoms with Gasteiger partial charge in [-0.15, -0.1) is 10.2 Å². The fourth-order valence-electron chi connectivity index (χ4n) is 3.51. The van der Waals surface area contributed by atoms with Crippen molar-refractivity contribution in [2.45, 2.75) is 30.6 Å². The molecule has 156 valence electrons. The van der Waals surface area contributed by atoms with Gasteiger partial charge in [0.05, 0.1) is 31.6 Å². The molecule has 2 aliphatic heterocycles. The number of ether oxygens (including phenoxy) is 2. The molecule has 0 spiro atoms. The third kappa shape index (κ3) is 5.57. The molecule has 3 heterocycles. The number of morpholine rings is 1. The minimum Gasteiger partial charge on any atom is -0.379 e. The van der Waals surface area contributed by atoms with Gasteiger partial charge in [-0.2, -0.15) is 0 Å². The first-order valence-corrected chi connectivity index (χ1v) is 11.1. The molecule has 9 heteroatoms. The Morgan fingerprint density at radius 3 is 2.76 bits per heavy atom. The number of benzene rings is 1. The van der Waals surface area contributed by atoms with Crippen LogP contribution in [0.3, 0.4) is 0 Å². The van der Waals surface area contributed by atoms with E-state index in [2.05, 4.69) is 20.4 Å². The number of thioether (sulfide) groups is 1. The van der Waals surface area contributed by atoms with Gasteiger partial charge in [0.2, 0.25) is 5.91 Å². The second-order valence-corrected chi connectivity index (χ2v) is 8.13. The fraction of sp³-hybridized carbons (Fsp3) is 0.550. The van der Waals surface area contributed by atoms with E-state index >= 15 is 0 Å². The van der Waals surface area contributed by atoms with Crippen molar-refractivity contribution in [2.75, 3.05) is 45.2 Å². The molecule has 4 rings (SSSR count). The minimum absolute atomic E-state index is 0.0113. The summed E-state index contributed by atoms with van der Waals surface area (Å²) in [5, 5.41) is 12.5. The van der Waals surface area contributed by atoms with Crippen LogP contribution >= 0.6 is 11.8 Å². The number of nitrogens with zero attached hydrogens (tertiary/aromatic N) is 4. The van der Waals surface area contributed by atoms with Crippen LogP contribution in [-0.2, 0) is 20.8 Å². The van der Waals surface area contributed by atoms with Gasteiger partial charge >= 0.3 is 0 Å². The molecule has 0 aliphatic carbocycles. The van der Waals surface area contributed by atoms with E-state index in [1.165, 1.54) is 11.8 Å². The van der Waals surface area contributed by atoms with Gasteiger partial charge in [-0.1, -0.05) is 30.0 Å². The van der Waals surface area contributed by atoms with Crippen molar-refractivity contribution < 1.29 is 14.3 Å². The van der Waals surface area contributed by atoms with Crippen molar-refractivity contribution in [1.29, 1.82) is 0 Å². The van der Waals surface area contributed by atoms with Crippen LogP contribution in [0.5, 0.6) is 0 Å². The van der Waals surface area contributed by atoms with Gasteiger partial charge in [0, 0.05) is 31.9 Å². The maximum absolute atomic E-state index is 12.3. The van der Waals surface area contributed by atoms with Crippen LogP contribution in [0.4, 0.5) is 0 Å². The first-order chi connectivity index (χ1) is 14.3. The van der Waals surface area contributed by atoms with Crippen LogP contribution in [-0.4, -0.2) is 76.9 Å². The number of carbonyl (C=O) groups excluding carboxylic acids is 1. The highest BCUT2D eigenvalue weighted by Gasteiger charge is 2.20. The lowest BCUT2D eigenvalue weighted by atomic mass is 10.2. The van der Waals surface area contributed by atoms with Gasteiger partial charge in [0.15, 0.2) is 11.0 Å². The van der Waals surface area contributed by atoms with E-state index in [0.29, 0.717) is 18.8 Å². The van der Waals surface area contributed by atoms with Crippen molar-refractivity contribution in [2.24, 2.45) is 0 Å². The van der Waals surface area contributed by atoms with E-state index in [0.717, 1.165) is 62.4 Å². The van der Waals surface area contributed by atoms with Gasteiger partial charge < -0.3 is 14.8 Å². The zero-order valence-corrected chi connectivity index (χ0v) is 17.3. The van der Waals surface area contributed by atoms with Crippen LogP contribution in [0.1, 0.15) is 18.7 Å². The number of amides is 1. The highest BCUT2D eigenvalue weighted by atomic mass is 32.2. The monoisotopic (exact) mass is 417 g/mol. The van der Waals surface area contributed by atoms with Crippen molar-refractivity contribution in [3.05, 3.63) is 36.2 Å². The Kier molecular flexibility index (Phi) is 7.15. The van der Waals surface area contributed by atoms with E-state index in [9.17, 15) is 4.79 Å². The molecule has 1 aromatic heterocycles. The molecule has 1 aromatic carbocycles. The number of aromatic nitrogens is 3. The van der Waals surface area contributed by atoms with Crippen molar-refractivity contribution in [1.82, 2.24) is 25.0 Å². The third-order valence-corrected chi connectivity index (χ3v) is 6.00. The Bertz CT molecular complexity index is 789. The first-order valence-electron chi connectivity index (χ1n) is 10.1. The number of hydrogen-bond acceptors (Lipinski definition) is 7. The summed E-state index contributed by atoms with van der Waals surface area (Å²) < 4.78 is 13.0. The van der Waals surface area contributed by atoms with E-state index in [1.54, 1.807) is 0 Å². The average Bonchev–Trinajstić information content (AvgIpc) is 3.42. The molecule has 8 nitrogen and oxygen atoms in total. The predicted octanol–water partition coefficient (Wildman–Crippen LogP) is 1.49. The van der Waals surface area contributed by atoms with Crippen LogP contribution in [0.25, 0.3) is 5.69 Å². The standard InChI is InChI=1S/C20H27N5O3S/c26-19(21-13-17-7-4-10-28-17)15-29-20-23-22-18(14-24-8-11-27-12-9-24)25(20)16-5-2-1-3-6-16/h1-3,5-6,17H,4,7-15H2,(H,21,26)/t17-/m0/s1. The molecule has 1 atom stereocenters. The SMILES string of the molecule is O=C(CSc1nnc(CN2CCOCC2)n1-c1ccccc1)NC[C@@H]1CCCO1. The Balaban J connectivity index is 1.42. The molecule has 2 fully saturated rings. The summed E-state index contributed by atoms with van der Waals surface area (Å²) in [5.74, 6) is 1.16. The summed E-state index contributed by atoms with van der Waals surface area (Å²) in [7, 11) is 0. The molecule has 0 saturated carbocycles. The topological polar surface area (TPSA) is 81.5 Å². The number of nitrogens with one attached hydrogen (secondary N) is 1. The van der Waals surface area contributed by atoms with Crippen LogP contribution in [0.2, 0.25) is 0 Å². The normalized spacial score (nSPS) is 20.1. The molecule has 2 saturated heterocycles. The van der Waals surface area contributed by atoms with E-state index < -0.39 is 0 Å². The smallest absolute Gasteiger partial charge is 0.230 e. The zero-order chi connectivity index (χ0) is 19.9. The van der Waals surface area contributed by atoms with Crippen molar-refractivity contribution in [3.8, 4) is 5.69 Å². The molecule has 29 heavy (non-hydrogen) atoms. The fourth-order valence-corrected chi connectivity index (χ4v) is 4.31. The largest absolute Gasteiger partial charge is 0.379 e. The Morgan fingerprint density at radius 1 is 1.17 bits per heavy atom. The average molecular weight is 418 g/mol. The van der Waals surface area contributed by atoms with E-state index in [4.69, 9.17) is 9.47 Å². The van der Waals surface area contributed by atoms with Crippen molar-refractivity contribution in [3.63, 3.8) is 0 Å². The Labute approximate surface area is 175 Å². The lowest BCUT2D eigenvalue weighted by molar-refractivity contribution is -0.119. The number of hydrogen-bond donors (Lipinski definition) is 1. The molecule has 0 unspecified atom stereocenters. The highest BCUT2D eigenvalue weighted by molar-refractivity contribution is 7.99. The number of para-hydroxylation sites is 1. The summed E-state index contributed by atoms with van der Waals surface area (Å²) in [5.41, 5.74) is 1.00. The lowest BCUT2D eigenvalue weighted by Gasteiger charge is -2.26. The minimum atomic E-state index is -0.0113. The third-order valence-electron chi connectivity index (χ3n) is 5.07. The van der Waals surface area contributed by atoms with Crippen molar-refractivity contribution >= 4 is 17.7 Å². The molecule has 1 amide bonds. The molecule has 0 bridgehead atoms. The maximum Gasteiger partial charge on any atom is 0.230 e. The van der Waals surface area contributed by atoms with Crippen LogP contribution in [0.15, 0.2) is 35.5 Å². The summed E-state index contributed by atoms with van der Waals surface area (Å²) >= 11 is 1.41. The molecule has 0 radical (unpaired) electrons. The predicted molar refractivity (Wildman–Crippen MR) is 110 cm³/mol. The zero-order valence-electron chi connectivity index (χ0n) is 16.5. The van der Waals surface area contributed by atoms with Crippen LogP contribution in [0, 0.1) is 0 Å². The highest BCUT2D eigenvalue weighted by Crippen LogP contribution is 2.23. The summed E-state index contributed by atoms with van der Waals surface area (Å²) in [6.07, 6.45) is 2.24. The van der Waals surface area contributed by atoms with Gasteiger partial charge in [-0.3, -0.25) is 14.3 Å². The van der Waals surface area contributed by atoms with Gasteiger partial charge in [-0.25, -0.2) is 0 Å². The molecular formula is C20H27N5O3S. The number of rotatable bonds is 8. The van der Waals surface area contributed by atoms with Gasteiger partial charge in [0.1, 0.15) is 0 Å². The summed E-state index contributed by atoms with van der Waals surface area (Å²) in [6, 6.07) is 10.1. The lowest BCUT2D eigenvalue weighted by Crippen LogP contribution is -2.36. The quantitative estimate of drug-likeness (QED) is 0.652. The van der Waals surface area contributed by atoms with E-state index in [1.807, 2.05) is 34.9 Å². The van der Waals surface area contributed by atoms with E-state index in [-0.39, 0.29) is 12.0 Å². The van der Waals surface area contributed by atoms with Crippen LogP contribution < -0.4 is 5.32 Å². The number of carbonyl (C=O) groups is 1. The maximum atomic E-state index is 12.3. The second kappa shape index (κ2) is 10.2. The summed E-state index contributed by atoms with van der Waals surface area (Å²) in [4.78, 5) is 14.6. The second-order valence-electron chi connectivity index (χ2n) is 7.19. The van der Waals surface area contributed by atoms with Gasteiger partial charge in [0.25, 0.3) is 0 Å². The molecule has 1 N–H and O–H groups in total. The Hall–Kier alpha value is -1.94. The molecule has 2 aliphatic rings. The Morgan fingerprint density at radius 2 is 2.00 bits per heavy atom. The summed E-state index contributed by atoms with van der Waals surface area (Å²) in [6.45, 7) is 5.33. The molecular weight excluding hydrogens is 390 g/mol. The first kappa shape index (κ1) is 20.3. The molecule has 2 aromatic rings. The van der Waals surface area contributed by atoms with Gasteiger partial charge in [-0.05, 0) is 25.0 Å².